The molecule has 1 atom stereocenters. The summed E-state index contributed by atoms with van der Waals surface area (Å²) in [6, 6.07) is 6.25. The minimum absolute atomic E-state index is 0.0677. The molecule has 0 bridgehead atoms. The van der Waals surface area contributed by atoms with Crippen molar-refractivity contribution < 1.29 is 14.3 Å². The number of carbonyl (C=O) groups is 2. The molecule has 1 amide bonds. The molecule has 4 heteroatoms. The van der Waals surface area contributed by atoms with E-state index in [1.165, 1.54) is 6.92 Å². The second kappa shape index (κ2) is 5.30. The fourth-order valence-corrected chi connectivity index (χ4v) is 1.12. The topological polar surface area (TPSA) is 55.4 Å². The quantitative estimate of drug-likeness (QED) is 0.836. The zero-order valence-electron chi connectivity index (χ0n) is 9.61. The number of ether oxygens (including phenoxy) is 1. The van der Waals surface area contributed by atoms with Gasteiger partial charge in [0.05, 0.1) is 13.2 Å². The lowest BCUT2D eigenvalue weighted by molar-refractivity contribution is -0.118. The third-order valence-electron chi connectivity index (χ3n) is 2.31. The van der Waals surface area contributed by atoms with Crippen molar-refractivity contribution in [1.29, 1.82) is 0 Å². The van der Waals surface area contributed by atoms with Crippen LogP contribution in [-0.2, 0) is 4.79 Å². The summed E-state index contributed by atoms with van der Waals surface area (Å²) < 4.78 is 4.98. The molecule has 16 heavy (non-hydrogen) atoms. The number of hydrogen-bond acceptors (Lipinski definition) is 3. The van der Waals surface area contributed by atoms with Gasteiger partial charge < -0.3 is 10.1 Å². The Morgan fingerprint density at radius 3 is 2.25 bits per heavy atom. The van der Waals surface area contributed by atoms with Gasteiger partial charge in [0, 0.05) is 5.56 Å². The van der Waals surface area contributed by atoms with Crippen LogP contribution >= 0.6 is 0 Å². The van der Waals surface area contributed by atoms with E-state index in [1.807, 2.05) is 0 Å². The molecule has 0 heterocycles. The van der Waals surface area contributed by atoms with Gasteiger partial charge in [-0.3, -0.25) is 9.59 Å². The van der Waals surface area contributed by atoms with E-state index in [4.69, 9.17) is 4.74 Å². The molecule has 0 aliphatic rings. The van der Waals surface area contributed by atoms with Crippen LogP contribution < -0.4 is 10.1 Å². The summed E-state index contributed by atoms with van der Waals surface area (Å²) in [6.45, 7) is 3.10. The molecular formula is C12H15NO3. The van der Waals surface area contributed by atoms with Gasteiger partial charge >= 0.3 is 0 Å². The Hall–Kier alpha value is -1.84. The molecule has 4 nitrogen and oxygen atoms in total. The van der Waals surface area contributed by atoms with Crippen LogP contribution in [0, 0.1) is 0 Å². The molecular weight excluding hydrogens is 206 g/mol. The molecule has 0 aromatic heterocycles. The van der Waals surface area contributed by atoms with Crippen molar-refractivity contribution in [3.63, 3.8) is 0 Å². The van der Waals surface area contributed by atoms with Gasteiger partial charge in [0.2, 0.25) is 0 Å². The number of methoxy groups -OCH3 is 1. The van der Waals surface area contributed by atoms with Gasteiger partial charge in [0.25, 0.3) is 5.91 Å². The first kappa shape index (κ1) is 12.2. The van der Waals surface area contributed by atoms with Crippen molar-refractivity contribution in [2.75, 3.05) is 7.11 Å². The molecule has 1 unspecified atom stereocenters. The molecule has 0 saturated carbocycles. The van der Waals surface area contributed by atoms with E-state index in [2.05, 4.69) is 5.32 Å². The highest BCUT2D eigenvalue weighted by Gasteiger charge is 2.12. The number of nitrogens with one attached hydrogen (secondary N) is 1. The highest BCUT2D eigenvalue weighted by atomic mass is 16.5. The summed E-state index contributed by atoms with van der Waals surface area (Å²) in [6.07, 6.45) is 0. The maximum atomic E-state index is 11.7. The average molecular weight is 221 g/mol. The van der Waals surface area contributed by atoms with Crippen LogP contribution in [0.3, 0.4) is 0 Å². The van der Waals surface area contributed by atoms with Crippen LogP contribution in [0.4, 0.5) is 0 Å². The molecule has 0 aliphatic carbocycles. The van der Waals surface area contributed by atoms with Gasteiger partial charge in [-0.2, -0.15) is 0 Å². The van der Waals surface area contributed by atoms with Gasteiger partial charge in [-0.1, -0.05) is 0 Å². The largest absolute Gasteiger partial charge is 0.497 e. The molecule has 0 fully saturated rings. The lowest BCUT2D eigenvalue weighted by atomic mass is 10.1. The number of benzene rings is 1. The third-order valence-corrected chi connectivity index (χ3v) is 2.31. The number of hydrogen-bond donors (Lipinski definition) is 1. The molecule has 0 saturated heterocycles. The van der Waals surface area contributed by atoms with E-state index >= 15 is 0 Å². The predicted molar refractivity (Wildman–Crippen MR) is 60.6 cm³/mol. The number of amides is 1. The van der Waals surface area contributed by atoms with Crippen molar-refractivity contribution in [1.82, 2.24) is 5.32 Å². The fraction of sp³-hybridized carbons (Fsp3) is 0.333. The van der Waals surface area contributed by atoms with Crippen molar-refractivity contribution >= 4 is 11.7 Å². The molecule has 0 aliphatic heterocycles. The van der Waals surface area contributed by atoms with Gasteiger partial charge in [-0.05, 0) is 38.1 Å². The molecule has 86 valence electrons. The van der Waals surface area contributed by atoms with Crippen LogP contribution in [0.25, 0.3) is 0 Å². The SMILES string of the molecule is COc1ccc(C(=O)NC(C)C(C)=O)cc1. The summed E-state index contributed by atoms with van der Waals surface area (Å²) >= 11 is 0. The predicted octanol–water partition coefficient (Wildman–Crippen LogP) is 1.40. The normalized spacial score (nSPS) is 11.7. The smallest absolute Gasteiger partial charge is 0.251 e. The standard InChI is InChI=1S/C12H15NO3/c1-8(9(2)14)13-12(15)10-4-6-11(16-3)7-5-10/h4-8H,1-3H3,(H,13,15). The van der Waals surface area contributed by atoms with Gasteiger partial charge in [0.15, 0.2) is 5.78 Å². The first-order chi connectivity index (χ1) is 7.54. The molecule has 1 rings (SSSR count). The van der Waals surface area contributed by atoms with Crippen molar-refractivity contribution in [3.05, 3.63) is 29.8 Å². The van der Waals surface area contributed by atoms with E-state index in [0.717, 1.165) is 0 Å². The van der Waals surface area contributed by atoms with Gasteiger partial charge in [-0.25, -0.2) is 0 Å². The zero-order valence-corrected chi connectivity index (χ0v) is 9.61. The third kappa shape index (κ3) is 3.08. The fourth-order valence-electron chi connectivity index (χ4n) is 1.12. The second-order valence-corrected chi connectivity index (χ2v) is 3.53. The van der Waals surface area contributed by atoms with Crippen molar-refractivity contribution in [3.8, 4) is 5.75 Å². The van der Waals surface area contributed by atoms with Crippen LogP contribution in [0.2, 0.25) is 0 Å². The Labute approximate surface area is 94.6 Å². The molecule has 0 radical (unpaired) electrons. The Bertz CT molecular complexity index is 384. The van der Waals surface area contributed by atoms with Crippen LogP contribution in [-0.4, -0.2) is 24.8 Å². The maximum absolute atomic E-state index is 11.7. The average Bonchev–Trinajstić information content (AvgIpc) is 2.28. The first-order valence-corrected chi connectivity index (χ1v) is 5.00. The van der Waals surface area contributed by atoms with E-state index in [0.29, 0.717) is 11.3 Å². The van der Waals surface area contributed by atoms with Crippen LogP contribution in [0.1, 0.15) is 24.2 Å². The Morgan fingerprint density at radius 1 is 1.25 bits per heavy atom. The summed E-state index contributed by atoms with van der Waals surface area (Å²) in [5.41, 5.74) is 0.508. The van der Waals surface area contributed by atoms with E-state index in [9.17, 15) is 9.59 Å². The number of carbonyl (C=O) groups excluding carboxylic acids is 2. The Morgan fingerprint density at radius 2 is 1.81 bits per heavy atom. The summed E-state index contributed by atoms with van der Waals surface area (Å²) in [4.78, 5) is 22.6. The lowest BCUT2D eigenvalue weighted by Gasteiger charge is -2.10. The Balaban J connectivity index is 2.69. The molecule has 0 spiro atoms. The van der Waals surface area contributed by atoms with Crippen LogP contribution in [0.15, 0.2) is 24.3 Å². The van der Waals surface area contributed by atoms with Crippen molar-refractivity contribution in [2.24, 2.45) is 0 Å². The lowest BCUT2D eigenvalue weighted by Crippen LogP contribution is -2.37. The molecule has 1 aromatic rings. The van der Waals surface area contributed by atoms with Gasteiger partial charge in [0.1, 0.15) is 5.75 Å². The number of rotatable bonds is 4. The molecule has 1 N–H and O–H groups in total. The summed E-state index contributed by atoms with van der Waals surface area (Å²) in [5.74, 6) is 0.364. The first-order valence-electron chi connectivity index (χ1n) is 5.00. The monoisotopic (exact) mass is 221 g/mol. The zero-order chi connectivity index (χ0) is 12.1. The summed E-state index contributed by atoms with van der Waals surface area (Å²) in [5, 5.41) is 2.60. The van der Waals surface area contributed by atoms with Crippen molar-refractivity contribution in [2.45, 2.75) is 19.9 Å². The summed E-state index contributed by atoms with van der Waals surface area (Å²) in [7, 11) is 1.56. The van der Waals surface area contributed by atoms with E-state index < -0.39 is 6.04 Å². The van der Waals surface area contributed by atoms with Gasteiger partial charge in [-0.15, -0.1) is 0 Å². The second-order valence-electron chi connectivity index (χ2n) is 3.53. The van der Waals surface area contributed by atoms with E-state index in [-0.39, 0.29) is 11.7 Å². The maximum Gasteiger partial charge on any atom is 0.251 e. The van der Waals surface area contributed by atoms with Crippen LogP contribution in [0.5, 0.6) is 5.75 Å². The highest BCUT2D eigenvalue weighted by molar-refractivity contribution is 5.97. The minimum Gasteiger partial charge on any atom is -0.497 e. The number of ketones is 1. The number of Topliss-reactive ketones (excluding diaryl/α,β-unsaturated/α-hetero) is 1. The highest BCUT2D eigenvalue weighted by Crippen LogP contribution is 2.11. The molecule has 1 aromatic carbocycles. The van der Waals surface area contributed by atoms with E-state index in [1.54, 1.807) is 38.3 Å². The Kier molecular flexibility index (Phi) is 4.05. The minimum atomic E-state index is -0.463.